The molecule has 0 saturated carbocycles. The number of halogens is 1. The average molecular weight is 311 g/mol. The van der Waals surface area contributed by atoms with Crippen molar-refractivity contribution in [3.63, 3.8) is 0 Å². The molecular formula is C12H11BrN2OS. The van der Waals surface area contributed by atoms with Gasteiger partial charge < -0.3 is 5.41 Å². The Morgan fingerprint density at radius 3 is 2.59 bits per heavy atom. The van der Waals surface area contributed by atoms with Crippen molar-refractivity contribution in [2.75, 3.05) is 5.75 Å². The number of carbonyl (C=O) groups is 1. The molecule has 3 nitrogen and oxygen atoms in total. The second kappa shape index (κ2) is 6.58. The lowest BCUT2D eigenvalue weighted by molar-refractivity contribution is -0.117. The minimum atomic E-state index is -0.905. The van der Waals surface area contributed by atoms with Crippen molar-refractivity contribution in [1.82, 2.24) is 0 Å². The van der Waals surface area contributed by atoms with Crippen LogP contribution in [0.15, 0.2) is 33.6 Å². The molecule has 88 valence electrons. The fraction of sp³-hybridized carbons (Fsp3) is 0.250. The standard InChI is InChI=1S/C12H11BrN2OS/c1-8(15)11(6-14)12(16)7-17-10-4-2-9(13)3-5-10/h2-5,11,15H,7H2,1H3. The number of nitriles is 1. The molecule has 0 aliphatic carbocycles. The van der Waals surface area contributed by atoms with Crippen LogP contribution in [0.2, 0.25) is 0 Å². The number of hydrogen-bond acceptors (Lipinski definition) is 4. The van der Waals surface area contributed by atoms with Crippen molar-refractivity contribution in [1.29, 1.82) is 10.7 Å². The first-order valence-electron chi connectivity index (χ1n) is 4.90. The second-order valence-corrected chi connectivity index (χ2v) is 5.42. The van der Waals surface area contributed by atoms with Crippen LogP contribution in [-0.2, 0) is 4.79 Å². The molecule has 1 atom stereocenters. The Morgan fingerprint density at radius 1 is 1.53 bits per heavy atom. The summed E-state index contributed by atoms with van der Waals surface area (Å²) in [7, 11) is 0. The molecule has 1 aromatic rings. The van der Waals surface area contributed by atoms with Gasteiger partial charge in [-0.05, 0) is 31.2 Å². The third kappa shape index (κ3) is 4.33. The van der Waals surface area contributed by atoms with E-state index in [4.69, 9.17) is 10.7 Å². The zero-order valence-electron chi connectivity index (χ0n) is 9.24. The molecule has 0 heterocycles. The van der Waals surface area contributed by atoms with Gasteiger partial charge in [-0.2, -0.15) is 5.26 Å². The van der Waals surface area contributed by atoms with Gasteiger partial charge in [0.1, 0.15) is 5.92 Å². The molecule has 0 amide bonds. The molecule has 0 aromatic heterocycles. The Morgan fingerprint density at radius 2 is 2.12 bits per heavy atom. The van der Waals surface area contributed by atoms with E-state index in [1.165, 1.54) is 18.7 Å². The number of nitrogens with zero attached hydrogens (tertiary/aromatic N) is 1. The van der Waals surface area contributed by atoms with Gasteiger partial charge in [-0.1, -0.05) is 15.9 Å². The number of benzene rings is 1. The van der Waals surface area contributed by atoms with E-state index in [-0.39, 0.29) is 17.2 Å². The monoisotopic (exact) mass is 310 g/mol. The number of hydrogen-bond donors (Lipinski definition) is 1. The number of thioether (sulfide) groups is 1. The summed E-state index contributed by atoms with van der Waals surface area (Å²) < 4.78 is 0.985. The highest BCUT2D eigenvalue weighted by molar-refractivity contribution is 9.10. The van der Waals surface area contributed by atoms with Crippen LogP contribution in [0, 0.1) is 22.7 Å². The minimum absolute atomic E-state index is 0.105. The van der Waals surface area contributed by atoms with Gasteiger partial charge in [0.15, 0.2) is 5.78 Å². The molecule has 5 heteroatoms. The van der Waals surface area contributed by atoms with Gasteiger partial charge in [0.25, 0.3) is 0 Å². The fourth-order valence-corrected chi connectivity index (χ4v) is 2.25. The Kier molecular flexibility index (Phi) is 5.39. The molecule has 0 aliphatic heterocycles. The highest BCUT2D eigenvalue weighted by Gasteiger charge is 2.19. The third-order valence-electron chi connectivity index (χ3n) is 2.08. The van der Waals surface area contributed by atoms with Crippen LogP contribution in [0.1, 0.15) is 6.92 Å². The molecule has 0 bridgehead atoms. The van der Waals surface area contributed by atoms with E-state index < -0.39 is 5.92 Å². The van der Waals surface area contributed by atoms with E-state index in [9.17, 15) is 4.79 Å². The fourth-order valence-electron chi connectivity index (χ4n) is 1.18. The van der Waals surface area contributed by atoms with Gasteiger partial charge in [0.05, 0.1) is 11.8 Å². The topological polar surface area (TPSA) is 64.7 Å². The van der Waals surface area contributed by atoms with Crippen molar-refractivity contribution in [3.05, 3.63) is 28.7 Å². The summed E-state index contributed by atoms with van der Waals surface area (Å²) in [6, 6.07) is 9.46. The Balaban J connectivity index is 2.57. The number of rotatable bonds is 5. The van der Waals surface area contributed by atoms with Crippen molar-refractivity contribution >= 4 is 39.2 Å². The lowest BCUT2D eigenvalue weighted by Gasteiger charge is -2.06. The van der Waals surface area contributed by atoms with Gasteiger partial charge in [0.2, 0.25) is 0 Å². The van der Waals surface area contributed by atoms with E-state index >= 15 is 0 Å². The summed E-state index contributed by atoms with van der Waals surface area (Å²) in [5, 5.41) is 16.1. The van der Waals surface area contributed by atoms with Crippen LogP contribution in [-0.4, -0.2) is 17.2 Å². The molecule has 0 saturated heterocycles. The zero-order valence-corrected chi connectivity index (χ0v) is 11.6. The molecule has 0 fully saturated rings. The molecule has 1 unspecified atom stereocenters. The molecule has 1 N–H and O–H groups in total. The highest BCUT2D eigenvalue weighted by Crippen LogP contribution is 2.21. The van der Waals surface area contributed by atoms with Gasteiger partial charge in [-0.25, -0.2) is 0 Å². The van der Waals surface area contributed by atoms with Crippen LogP contribution in [0.4, 0.5) is 0 Å². The predicted molar refractivity (Wildman–Crippen MR) is 72.4 cm³/mol. The first-order valence-corrected chi connectivity index (χ1v) is 6.68. The molecule has 0 aliphatic rings. The summed E-state index contributed by atoms with van der Waals surface area (Å²) in [4.78, 5) is 12.6. The van der Waals surface area contributed by atoms with Crippen LogP contribution in [0.3, 0.4) is 0 Å². The summed E-state index contributed by atoms with van der Waals surface area (Å²) in [6.07, 6.45) is 0. The maximum absolute atomic E-state index is 11.7. The van der Waals surface area contributed by atoms with Gasteiger partial charge in [0, 0.05) is 15.1 Å². The summed E-state index contributed by atoms with van der Waals surface area (Å²) >= 11 is 4.71. The molecule has 0 radical (unpaired) electrons. The normalized spacial score (nSPS) is 11.6. The van der Waals surface area contributed by atoms with Crippen molar-refractivity contribution in [2.24, 2.45) is 5.92 Å². The maximum atomic E-state index is 11.7. The molecule has 17 heavy (non-hydrogen) atoms. The van der Waals surface area contributed by atoms with E-state index in [2.05, 4.69) is 15.9 Å². The quantitative estimate of drug-likeness (QED) is 0.670. The van der Waals surface area contributed by atoms with Crippen molar-refractivity contribution in [2.45, 2.75) is 11.8 Å². The largest absolute Gasteiger partial charge is 0.308 e. The molecule has 1 aromatic carbocycles. The average Bonchev–Trinajstić information content (AvgIpc) is 2.28. The van der Waals surface area contributed by atoms with Crippen molar-refractivity contribution < 1.29 is 4.79 Å². The number of nitrogens with one attached hydrogen (secondary N) is 1. The number of ketones is 1. The number of Topliss-reactive ketones (excluding diaryl/α,β-unsaturated/α-hetero) is 1. The minimum Gasteiger partial charge on any atom is -0.308 e. The van der Waals surface area contributed by atoms with E-state index in [0.717, 1.165) is 9.37 Å². The summed E-state index contributed by atoms with van der Waals surface area (Å²) in [5.74, 6) is -0.901. The molecule has 0 spiro atoms. The predicted octanol–water partition coefficient (Wildman–Crippen LogP) is 3.29. The smallest absolute Gasteiger partial charge is 0.165 e. The Labute approximate surface area is 113 Å². The summed E-state index contributed by atoms with van der Waals surface area (Å²) in [6.45, 7) is 1.48. The van der Waals surface area contributed by atoms with Gasteiger partial charge in [-0.3, -0.25) is 4.79 Å². The third-order valence-corrected chi connectivity index (χ3v) is 3.64. The van der Waals surface area contributed by atoms with E-state index in [1.54, 1.807) is 0 Å². The lowest BCUT2D eigenvalue weighted by Crippen LogP contribution is -2.21. The zero-order chi connectivity index (χ0) is 12.8. The number of carbonyl (C=O) groups excluding carboxylic acids is 1. The van der Waals surface area contributed by atoms with Crippen LogP contribution in [0.5, 0.6) is 0 Å². The van der Waals surface area contributed by atoms with Gasteiger partial charge in [-0.15, -0.1) is 11.8 Å². The van der Waals surface area contributed by atoms with E-state index in [1.807, 2.05) is 30.3 Å². The van der Waals surface area contributed by atoms with Crippen LogP contribution >= 0.6 is 27.7 Å². The maximum Gasteiger partial charge on any atom is 0.165 e. The van der Waals surface area contributed by atoms with Crippen molar-refractivity contribution in [3.8, 4) is 6.07 Å². The highest BCUT2D eigenvalue weighted by atomic mass is 79.9. The van der Waals surface area contributed by atoms with E-state index in [0.29, 0.717) is 0 Å². The Hall–Kier alpha value is -1.12. The van der Waals surface area contributed by atoms with Crippen LogP contribution in [0.25, 0.3) is 0 Å². The lowest BCUT2D eigenvalue weighted by atomic mass is 10.0. The SMILES string of the molecule is CC(=N)C(C#N)C(=O)CSc1ccc(Br)cc1. The second-order valence-electron chi connectivity index (χ2n) is 3.45. The molecule has 1 rings (SSSR count). The Bertz CT molecular complexity index is 464. The first-order chi connectivity index (χ1) is 8.04. The first kappa shape index (κ1) is 13.9. The molecular weight excluding hydrogens is 300 g/mol. The summed E-state index contributed by atoms with van der Waals surface area (Å²) in [5.41, 5.74) is 0.105. The van der Waals surface area contributed by atoms with Crippen LogP contribution < -0.4 is 0 Å². The van der Waals surface area contributed by atoms with Gasteiger partial charge >= 0.3 is 0 Å².